The first-order valence-corrected chi connectivity index (χ1v) is 10.5. The second-order valence-corrected chi connectivity index (χ2v) is 7.83. The van der Waals surface area contributed by atoms with E-state index in [1.165, 1.54) is 11.6 Å². The molecule has 9 nitrogen and oxygen atoms in total. The fourth-order valence-corrected chi connectivity index (χ4v) is 3.64. The van der Waals surface area contributed by atoms with E-state index in [4.69, 9.17) is 16.3 Å². The Kier molecular flexibility index (Phi) is 6.31. The molecule has 33 heavy (non-hydrogen) atoms. The molecule has 0 saturated heterocycles. The number of aliphatic hydroxyl groups excluding tert-OH is 1. The van der Waals surface area contributed by atoms with Gasteiger partial charge < -0.3 is 9.84 Å². The number of halogens is 1. The summed E-state index contributed by atoms with van der Waals surface area (Å²) in [6.07, 6.45) is 0.260. The number of aryl methyl sites for hydroxylation is 1. The lowest BCUT2D eigenvalue weighted by molar-refractivity contribution is 0.277. The van der Waals surface area contributed by atoms with E-state index in [0.717, 1.165) is 10.1 Å². The Labute approximate surface area is 193 Å². The molecule has 2 aromatic carbocycles. The normalized spacial score (nSPS) is 11.0. The molecule has 168 valence electrons. The fraction of sp³-hybridized carbons (Fsp3) is 0.217. The number of fused-ring (bicyclic) bond motifs is 1. The summed E-state index contributed by atoms with van der Waals surface area (Å²) in [4.78, 5) is 30.5. The van der Waals surface area contributed by atoms with E-state index in [0.29, 0.717) is 16.3 Å². The maximum Gasteiger partial charge on any atom is 0.332 e. The highest BCUT2D eigenvalue weighted by Crippen LogP contribution is 2.26. The van der Waals surface area contributed by atoms with Gasteiger partial charge in [-0.3, -0.25) is 18.5 Å². The second-order valence-electron chi connectivity index (χ2n) is 7.40. The van der Waals surface area contributed by atoms with Crippen molar-refractivity contribution in [3.05, 3.63) is 85.5 Å². The van der Waals surface area contributed by atoms with E-state index in [1.807, 2.05) is 12.1 Å². The molecule has 0 radical (unpaired) electrons. The standard InChI is InChI=1S/C23H20ClN5O4/c1-27-20-19(21(31)28(23(27)32)10-3-11-30)29(14-15-6-8-17(24)9-7-15)22(26-20)33-18-5-2-4-16(12-18)13-25/h2,4-9,12,30H,3,10-11,14H2,1H3. The molecule has 2 aromatic heterocycles. The zero-order valence-corrected chi connectivity index (χ0v) is 18.5. The van der Waals surface area contributed by atoms with Crippen LogP contribution >= 0.6 is 11.6 Å². The summed E-state index contributed by atoms with van der Waals surface area (Å²) in [5, 5.41) is 18.9. The van der Waals surface area contributed by atoms with Gasteiger partial charge in [-0.15, -0.1) is 0 Å². The molecule has 0 fully saturated rings. The highest BCUT2D eigenvalue weighted by atomic mass is 35.5. The fourth-order valence-electron chi connectivity index (χ4n) is 3.51. The van der Waals surface area contributed by atoms with Crippen LogP contribution in [0.15, 0.2) is 58.1 Å². The van der Waals surface area contributed by atoms with Gasteiger partial charge in [0.1, 0.15) is 5.75 Å². The SMILES string of the molecule is Cn1c(=O)n(CCCO)c(=O)c2c1nc(Oc1cccc(C#N)c1)n2Cc1ccc(Cl)cc1. The van der Waals surface area contributed by atoms with E-state index in [2.05, 4.69) is 11.1 Å². The van der Waals surface area contributed by atoms with Crippen molar-refractivity contribution in [2.45, 2.75) is 19.5 Å². The summed E-state index contributed by atoms with van der Waals surface area (Å²) in [5.74, 6) is 0.368. The minimum Gasteiger partial charge on any atom is -0.425 e. The number of aliphatic hydroxyl groups is 1. The minimum atomic E-state index is -0.532. The summed E-state index contributed by atoms with van der Waals surface area (Å²) < 4.78 is 9.93. The molecule has 0 aliphatic carbocycles. The summed E-state index contributed by atoms with van der Waals surface area (Å²) >= 11 is 6.01. The van der Waals surface area contributed by atoms with Gasteiger partial charge in [-0.2, -0.15) is 10.2 Å². The Morgan fingerprint density at radius 2 is 1.91 bits per heavy atom. The molecule has 0 aliphatic rings. The van der Waals surface area contributed by atoms with Gasteiger partial charge in [0.25, 0.3) is 5.56 Å². The molecule has 4 aromatic rings. The van der Waals surface area contributed by atoms with E-state index in [9.17, 15) is 20.0 Å². The molecule has 2 heterocycles. The molecule has 10 heteroatoms. The molecule has 4 rings (SSSR count). The minimum absolute atomic E-state index is 0.0739. The Balaban J connectivity index is 1.93. The zero-order valence-electron chi connectivity index (χ0n) is 17.7. The summed E-state index contributed by atoms with van der Waals surface area (Å²) in [5.41, 5.74) is 0.553. The summed E-state index contributed by atoms with van der Waals surface area (Å²) in [6, 6.07) is 15.8. The Hall–Kier alpha value is -3.87. The molecule has 0 unspecified atom stereocenters. The van der Waals surface area contributed by atoms with Crippen molar-refractivity contribution in [1.82, 2.24) is 18.7 Å². The smallest absolute Gasteiger partial charge is 0.332 e. The number of rotatable bonds is 7. The first-order valence-electron chi connectivity index (χ1n) is 10.2. The van der Waals surface area contributed by atoms with Crippen molar-refractivity contribution in [3.63, 3.8) is 0 Å². The third kappa shape index (κ3) is 4.39. The van der Waals surface area contributed by atoms with Crippen LogP contribution in [0.4, 0.5) is 0 Å². The molecular formula is C23H20ClN5O4. The van der Waals surface area contributed by atoms with Crippen molar-refractivity contribution in [2.24, 2.45) is 7.05 Å². The molecule has 1 N–H and O–H groups in total. The van der Waals surface area contributed by atoms with E-state index in [1.54, 1.807) is 41.0 Å². The quantitative estimate of drug-likeness (QED) is 0.448. The van der Waals surface area contributed by atoms with Crippen LogP contribution in [-0.4, -0.2) is 30.4 Å². The number of hydrogen-bond donors (Lipinski definition) is 1. The maximum absolute atomic E-state index is 13.3. The Bertz CT molecular complexity index is 1480. The molecule has 0 bridgehead atoms. The van der Waals surface area contributed by atoms with Crippen molar-refractivity contribution in [3.8, 4) is 17.8 Å². The predicted octanol–water partition coefficient (Wildman–Crippen LogP) is 2.64. The zero-order chi connectivity index (χ0) is 23.5. The third-order valence-electron chi connectivity index (χ3n) is 5.16. The van der Waals surface area contributed by atoms with Crippen LogP contribution in [-0.2, 0) is 20.1 Å². The lowest BCUT2D eigenvalue weighted by Crippen LogP contribution is -2.39. The number of benzene rings is 2. The highest BCUT2D eigenvalue weighted by molar-refractivity contribution is 6.30. The largest absolute Gasteiger partial charge is 0.425 e. The van der Waals surface area contributed by atoms with Crippen LogP contribution in [0.3, 0.4) is 0 Å². The molecule has 0 amide bonds. The van der Waals surface area contributed by atoms with Crippen LogP contribution in [0.25, 0.3) is 11.2 Å². The van der Waals surface area contributed by atoms with Crippen LogP contribution in [0.5, 0.6) is 11.8 Å². The van der Waals surface area contributed by atoms with Crippen LogP contribution in [0, 0.1) is 11.3 Å². The van der Waals surface area contributed by atoms with Crippen molar-refractivity contribution < 1.29 is 9.84 Å². The number of nitrogens with zero attached hydrogens (tertiary/aromatic N) is 5. The first-order chi connectivity index (χ1) is 15.9. The van der Waals surface area contributed by atoms with E-state index < -0.39 is 11.2 Å². The van der Waals surface area contributed by atoms with Crippen molar-refractivity contribution >= 4 is 22.8 Å². The van der Waals surface area contributed by atoms with Crippen LogP contribution in [0.1, 0.15) is 17.5 Å². The van der Waals surface area contributed by atoms with Gasteiger partial charge in [-0.1, -0.05) is 29.8 Å². The van der Waals surface area contributed by atoms with Gasteiger partial charge in [0, 0.05) is 25.2 Å². The molecular weight excluding hydrogens is 446 g/mol. The number of imidazole rings is 1. The van der Waals surface area contributed by atoms with Crippen molar-refractivity contribution in [1.29, 1.82) is 5.26 Å². The summed E-state index contributed by atoms with van der Waals surface area (Å²) in [7, 11) is 1.53. The first kappa shape index (κ1) is 22.3. The number of aromatic nitrogens is 4. The second kappa shape index (κ2) is 9.32. The van der Waals surface area contributed by atoms with Gasteiger partial charge in [-0.25, -0.2) is 4.79 Å². The van der Waals surface area contributed by atoms with Gasteiger partial charge in [0.2, 0.25) is 0 Å². The van der Waals surface area contributed by atoms with E-state index >= 15 is 0 Å². The van der Waals surface area contributed by atoms with Gasteiger partial charge in [0.05, 0.1) is 18.2 Å². The predicted molar refractivity (Wildman–Crippen MR) is 123 cm³/mol. The molecule has 0 spiro atoms. The van der Waals surface area contributed by atoms with Gasteiger partial charge >= 0.3 is 11.7 Å². The average Bonchev–Trinajstić information content (AvgIpc) is 3.17. The highest BCUT2D eigenvalue weighted by Gasteiger charge is 2.22. The summed E-state index contributed by atoms with van der Waals surface area (Å²) in [6.45, 7) is 0.153. The lowest BCUT2D eigenvalue weighted by atomic mass is 10.2. The number of hydrogen-bond acceptors (Lipinski definition) is 6. The number of nitriles is 1. The Morgan fingerprint density at radius 1 is 1.15 bits per heavy atom. The van der Waals surface area contributed by atoms with Crippen molar-refractivity contribution in [2.75, 3.05) is 6.61 Å². The average molecular weight is 466 g/mol. The molecule has 0 atom stereocenters. The maximum atomic E-state index is 13.3. The third-order valence-corrected chi connectivity index (χ3v) is 5.42. The number of ether oxygens (including phenoxy) is 1. The lowest BCUT2D eigenvalue weighted by Gasteiger charge is -2.11. The Morgan fingerprint density at radius 3 is 2.61 bits per heavy atom. The van der Waals surface area contributed by atoms with Gasteiger partial charge in [-0.05, 0) is 42.3 Å². The van der Waals surface area contributed by atoms with E-state index in [-0.39, 0.29) is 43.3 Å². The molecule has 0 saturated carbocycles. The van der Waals surface area contributed by atoms with Crippen LogP contribution in [0.2, 0.25) is 5.02 Å². The molecule has 0 aliphatic heterocycles. The van der Waals surface area contributed by atoms with Gasteiger partial charge in [0.15, 0.2) is 11.2 Å². The monoisotopic (exact) mass is 465 g/mol. The van der Waals surface area contributed by atoms with Crippen LogP contribution < -0.4 is 16.0 Å². The topological polar surface area (TPSA) is 115 Å².